The van der Waals surface area contributed by atoms with Gasteiger partial charge in [0.15, 0.2) is 5.16 Å². The highest BCUT2D eigenvalue weighted by Gasteiger charge is 2.12. The molecule has 0 aliphatic rings. The summed E-state index contributed by atoms with van der Waals surface area (Å²) in [6, 6.07) is 8.96. The van der Waals surface area contributed by atoms with Gasteiger partial charge in [-0.3, -0.25) is 0 Å². The van der Waals surface area contributed by atoms with Crippen LogP contribution in [0.2, 0.25) is 0 Å². The van der Waals surface area contributed by atoms with Gasteiger partial charge in [-0.1, -0.05) is 30.0 Å². The second-order valence-electron chi connectivity index (χ2n) is 5.43. The molecule has 0 spiro atoms. The van der Waals surface area contributed by atoms with Gasteiger partial charge in [0.1, 0.15) is 0 Å². The van der Waals surface area contributed by atoms with Gasteiger partial charge in [-0.15, -0.1) is 0 Å². The molecule has 0 aliphatic carbocycles. The third-order valence-corrected chi connectivity index (χ3v) is 4.56. The molecule has 1 heterocycles. The van der Waals surface area contributed by atoms with Gasteiger partial charge < -0.3 is 5.32 Å². The van der Waals surface area contributed by atoms with E-state index in [0.29, 0.717) is 6.04 Å². The summed E-state index contributed by atoms with van der Waals surface area (Å²) in [5, 5.41) is 4.25. The number of aromatic nitrogens is 2. The van der Waals surface area contributed by atoms with E-state index in [1.165, 1.54) is 16.7 Å². The lowest BCUT2D eigenvalue weighted by Gasteiger charge is -2.17. The lowest BCUT2D eigenvalue weighted by atomic mass is 10.0. The summed E-state index contributed by atoms with van der Waals surface area (Å²) in [6.45, 7) is 8.33. The minimum absolute atomic E-state index is 0.304. The van der Waals surface area contributed by atoms with Gasteiger partial charge in [-0.25, -0.2) is 9.97 Å². The highest BCUT2D eigenvalue weighted by Crippen LogP contribution is 2.24. The second kappa shape index (κ2) is 7.05. The van der Waals surface area contributed by atoms with Crippen LogP contribution in [0.15, 0.2) is 29.4 Å². The van der Waals surface area contributed by atoms with Crippen molar-refractivity contribution in [3.8, 4) is 0 Å². The van der Waals surface area contributed by atoms with E-state index in [0.717, 1.165) is 22.3 Å². The van der Waals surface area contributed by atoms with Crippen molar-refractivity contribution >= 4 is 11.8 Å². The van der Waals surface area contributed by atoms with Crippen LogP contribution >= 0.6 is 11.8 Å². The molecule has 0 saturated heterocycles. The molecule has 0 fully saturated rings. The number of hydrogen-bond donors (Lipinski definition) is 1. The van der Waals surface area contributed by atoms with E-state index < -0.39 is 0 Å². The zero-order valence-electron chi connectivity index (χ0n) is 13.4. The first-order valence-corrected chi connectivity index (χ1v) is 8.17. The van der Waals surface area contributed by atoms with E-state index in [1.54, 1.807) is 11.8 Å². The number of aryl methyl sites for hydroxylation is 4. The second-order valence-corrected chi connectivity index (χ2v) is 6.42. The maximum absolute atomic E-state index is 4.49. The van der Waals surface area contributed by atoms with Crippen LogP contribution in [-0.4, -0.2) is 22.8 Å². The summed E-state index contributed by atoms with van der Waals surface area (Å²) in [5.74, 6) is 0.919. The van der Waals surface area contributed by atoms with Crippen molar-refractivity contribution in [2.24, 2.45) is 0 Å². The van der Waals surface area contributed by atoms with Crippen LogP contribution in [0.1, 0.15) is 34.1 Å². The number of rotatable bonds is 5. The van der Waals surface area contributed by atoms with Gasteiger partial charge >= 0.3 is 0 Å². The van der Waals surface area contributed by atoms with Crippen LogP contribution in [0.5, 0.6) is 0 Å². The third-order valence-electron chi connectivity index (χ3n) is 3.62. The van der Waals surface area contributed by atoms with Gasteiger partial charge in [0.05, 0.1) is 0 Å². The predicted octanol–water partition coefficient (Wildman–Crippen LogP) is 3.76. The molecule has 112 valence electrons. The van der Waals surface area contributed by atoms with Crippen molar-refractivity contribution in [1.29, 1.82) is 0 Å². The first-order chi connectivity index (χ1) is 9.99. The highest BCUT2D eigenvalue weighted by atomic mass is 32.2. The molecule has 21 heavy (non-hydrogen) atoms. The summed E-state index contributed by atoms with van der Waals surface area (Å²) in [4.78, 5) is 8.98. The predicted molar refractivity (Wildman–Crippen MR) is 89.9 cm³/mol. The van der Waals surface area contributed by atoms with E-state index in [9.17, 15) is 0 Å². The van der Waals surface area contributed by atoms with Gasteiger partial charge in [0.25, 0.3) is 0 Å². The van der Waals surface area contributed by atoms with E-state index >= 15 is 0 Å². The molecule has 4 heteroatoms. The summed E-state index contributed by atoms with van der Waals surface area (Å²) in [7, 11) is 2.00. The highest BCUT2D eigenvalue weighted by molar-refractivity contribution is 7.99. The van der Waals surface area contributed by atoms with E-state index in [-0.39, 0.29) is 0 Å². The summed E-state index contributed by atoms with van der Waals surface area (Å²) < 4.78 is 0. The molecule has 1 unspecified atom stereocenters. The number of hydrogen-bond acceptors (Lipinski definition) is 4. The molecule has 0 bridgehead atoms. The van der Waals surface area contributed by atoms with E-state index in [1.807, 2.05) is 27.0 Å². The Morgan fingerprint density at radius 3 is 2.24 bits per heavy atom. The normalized spacial score (nSPS) is 12.4. The lowest BCUT2D eigenvalue weighted by Crippen LogP contribution is -2.19. The first kappa shape index (κ1) is 16.0. The van der Waals surface area contributed by atoms with Crippen molar-refractivity contribution in [3.05, 3.63) is 52.3 Å². The van der Waals surface area contributed by atoms with Crippen molar-refractivity contribution in [3.63, 3.8) is 0 Å². The average Bonchev–Trinajstić information content (AvgIpc) is 2.42. The number of nitrogens with zero attached hydrogens (tertiary/aromatic N) is 2. The smallest absolute Gasteiger partial charge is 0.188 e. The zero-order valence-corrected chi connectivity index (χ0v) is 14.2. The molecule has 2 aromatic rings. The van der Waals surface area contributed by atoms with Crippen LogP contribution < -0.4 is 5.32 Å². The molecule has 0 saturated carbocycles. The average molecular weight is 301 g/mol. The fourth-order valence-electron chi connectivity index (χ4n) is 2.24. The molecule has 0 radical (unpaired) electrons. The van der Waals surface area contributed by atoms with Crippen LogP contribution in [-0.2, 0) is 0 Å². The maximum Gasteiger partial charge on any atom is 0.188 e. The van der Waals surface area contributed by atoms with Crippen LogP contribution in [0.4, 0.5) is 0 Å². The van der Waals surface area contributed by atoms with Crippen molar-refractivity contribution in [2.75, 3.05) is 12.8 Å². The topological polar surface area (TPSA) is 37.8 Å². The van der Waals surface area contributed by atoms with Crippen LogP contribution in [0.25, 0.3) is 0 Å². The molecule has 3 nitrogen and oxygen atoms in total. The first-order valence-electron chi connectivity index (χ1n) is 7.19. The molecule has 0 aliphatic heterocycles. The van der Waals surface area contributed by atoms with E-state index in [4.69, 9.17) is 0 Å². The van der Waals surface area contributed by atoms with Gasteiger partial charge in [0.2, 0.25) is 0 Å². The Kier molecular flexibility index (Phi) is 5.37. The minimum atomic E-state index is 0.304. The van der Waals surface area contributed by atoms with E-state index in [2.05, 4.69) is 47.3 Å². The molecule has 1 aromatic heterocycles. The Morgan fingerprint density at radius 1 is 1.00 bits per heavy atom. The minimum Gasteiger partial charge on any atom is -0.312 e. The van der Waals surface area contributed by atoms with Crippen molar-refractivity contribution in [2.45, 2.75) is 38.9 Å². The fourth-order valence-corrected chi connectivity index (χ4v) is 3.34. The van der Waals surface area contributed by atoms with Gasteiger partial charge in [0, 0.05) is 23.2 Å². The Morgan fingerprint density at radius 2 is 1.67 bits per heavy atom. The molecule has 1 atom stereocenters. The SMILES string of the molecule is CNC(CSc1nc(C)cc(C)n1)c1ccc(C)c(C)c1. The molecular weight excluding hydrogens is 278 g/mol. The molecule has 1 aromatic carbocycles. The molecular formula is C17H23N3S. The quantitative estimate of drug-likeness (QED) is 0.674. The number of thioether (sulfide) groups is 1. The maximum atomic E-state index is 4.49. The Bertz CT molecular complexity index is 605. The molecule has 0 amide bonds. The fraction of sp³-hybridized carbons (Fsp3) is 0.412. The third kappa shape index (κ3) is 4.29. The summed E-state index contributed by atoms with van der Waals surface area (Å²) in [6.07, 6.45) is 0. The number of nitrogens with one attached hydrogen (secondary N) is 1. The largest absolute Gasteiger partial charge is 0.312 e. The standard InChI is InChI=1S/C17H23N3S/c1-11-6-7-15(8-12(11)2)16(18-5)10-21-17-19-13(3)9-14(4)20-17/h6-9,16,18H,10H2,1-5H3. The molecule has 2 rings (SSSR count). The van der Waals surface area contributed by atoms with Crippen LogP contribution in [0.3, 0.4) is 0 Å². The summed E-state index contributed by atoms with van der Waals surface area (Å²) >= 11 is 1.70. The number of benzene rings is 1. The van der Waals surface area contributed by atoms with Gasteiger partial charge in [-0.2, -0.15) is 0 Å². The monoisotopic (exact) mass is 301 g/mol. The van der Waals surface area contributed by atoms with Gasteiger partial charge in [-0.05, 0) is 57.5 Å². The Labute approximate surface area is 131 Å². The summed E-state index contributed by atoms with van der Waals surface area (Å²) in [5.41, 5.74) is 6.03. The molecule has 1 N–H and O–H groups in total. The van der Waals surface area contributed by atoms with Crippen molar-refractivity contribution < 1.29 is 0 Å². The Balaban J connectivity index is 2.10. The van der Waals surface area contributed by atoms with Crippen molar-refractivity contribution in [1.82, 2.24) is 15.3 Å². The Hall–Kier alpha value is -1.39. The zero-order chi connectivity index (χ0) is 15.4. The lowest BCUT2D eigenvalue weighted by molar-refractivity contribution is 0.660. The van der Waals surface area contributed by atoms with Crippen LogP contribution in [0, 0.1) is 27.7 Å².